The van der Waals surface area contributed by atoms with E-state index in [9.17, 15) is 4.79 Å². The molecule has 8 nitrogen and oxygen atoms in total. The van der Waals surface area contributed by atoms with Crippen LogP contribution >= 0.6 is 23.2 Å². The third-order valence-electron chi connectivity index (χ3n) is 7.63. The van der Waals surface area contributed by atoms with E-state index in [1.807, 2.05) is 18.2 Å². The second-order valence-electron chi connectivity index (χ2n) is 11.0. The number of nitrogens with one attached hydrogen (secondary N) is 2. The third kappa shape index (κ3) is 10.7. The Bertz CT molecular complexity index is 1570. The Hall–Kier alpha value is -3.75. The van der Waals surface area contributed by atoms with E-state index in [1.54, 1.807) is 0 Å². The molecule has 0 radical (unpaired) electrons. The van der Waals surface area contributed by atoms with Gasteiger partial charge in [0.05, 0.1) is 17.6 Å². The van der Waals surface area contributed by atoms with Crippen LogP contribution in [0.25, 0.3) is 23.1 Å². The number of nitrogens with zero attached hydrogens (tertiary/aromatic N) is 5. The Kier molecular flexibility index (Phi) is 13.4. The zero-order valence-electron chi connectivity index (χ0n) is 26.5. The Morgan fingerprint density at radius 1 is 0.822 bits per heavy atom. The number of carbonyl (C=O) groups is 1. The van der Waals surface area contributed by atoms with E-state index in [0.717, 1.165) is 92.4 Å². The first-order valence-corrected chi connectivity index (χ1v) is 16.7. The van der Waals surface area contributed by atoms with E-state index in [1.165, 1.54) is 11.3 Å². The first-order valence-electron chi connectivity index (χ1n) is 15.9. The number of hydrogen-bond acceptors (Lipinski definition) is 7. The van der Waals surface area contributed by atoms with E-state index in [-0.39, 0.29) is 16.5 Å². The second kappa shape index (κ2) is 17.7. The lowest BCUT2D eigenvalue weighted by Crippen LogP contribution is -2.25. The molecule has 2 aromatic heterocycles. The predicted molar refractivity (Wildman–Crippen MR) is 188 cm³/mol. The fourth-order valence-corrected chi connectivity index (χ4v) is 5.60. The van der Waals surface area contributed by atoms with Crippen molar-refractivity contribution in [2.45, 2.75) is 65.7 Å². The number of fused-ring (bicyclic) bond motifs is 1. The number of amides is 1. The highest BCUT2D eigenvalue weighted by Crippen LogP contribution is 2.26. The normalized spacial score (nSPS) is 11.3. The Morgan fingerprint density at radius 3 is 2.38 bits per heavy atom. The molecule has 2 N–H and O–H groups in total. The van der Waals surface area contributed by atoms with Crippen LogP contribution in [-0.2, 0) is 17.6 Å². The molecule has 2 heterocycles. The summed E-state index contributed by atoms with van der Waals surface area (Å²) in [6.45, 7) is 9.90. The third-order valence-corrected chi connectivity index (χ3v) is 7.97. The van der Waals surface area contributed by atoms with Crippen LogP contribution in [0.2, 0.25) is 10.6 Å². The van der Waals surface area contributed by atoms with Crippen molar-refractivity contribution in [3.63, 3.8) is 0 Å². The van der Waals surface area contributed by atoms with Crippen LogP contribution in [0, 0.1) is 0 Å². The zero-order valence-corrected chi connectivity index (χ0v) is 28.0. The molecular weight excluding hydrogens is 605 g/mol. The summed E-state index contributed by atoms with van der Waals surface area (Å²) in [5.41, 5.74) is 6.61. The van der Waals surface area contributed by atoms with Gasteiger partial charge in [0.25, 0.3) is 0 Å². The largest absolute Gasteiger partial charge is 0.372 e. The lowest BCUT2D eigenvalue weighted by Gasteiger charge is -2.24. The minimum absolute atomic E-state index is 0.0614. The summed E-state index contributed by atoms with van der Waals surface area (Å²) in [5, 5.41) is 7.36. The molecule has 0 atom stereocenters. The monoisotopic (exact) mass is 647 g/mol. The van der Waals surface area contributed by atoms with Crippen LogP contribution in [-0.4, -0.2) is 52.0 Å². The van der Waals surface area contributed by atoms with Gasteiger partial charge < -0.3 is 15.5 Å². The molecule has 0 spiro atoms. The molecule has 0 fully saturated rings. The van der Waals surface area contributed by atoms with Crippen LogP contribution in [0.5, 0.6) is 0 Å². The minimum Gasteiger partial charge on any atom is -0.372 e. The quantitative estimate of drug-likeness (QED) is 0.112. The van der Waals surface area contributed by atoms with Crippen molar-refractivity contribution in [2.24, 2.45) is 0 Å². The van der Waals surface area contributed by atoms with Gasteiger partial charge in [0, 0.05) is 37.3 Å². The lowest BCUT2D eigenvalue weighted by molar-refractivity contribution is -0.120. The van der Waals surface area contributed by atoms with Crippen LogP contribution < -0.4 is 15.5 Å². The molecule has 45 heavy (non-hydrogen) atoms. The van der Waals surface area contributed by atoms with E-state index < -0.39 is 0 Å². The first-order chi connectivity index (χ1) is 21.9. The molecule has 4 aromatic rings. The molecular formula is C35H43Cl2N7O. The van der Waals surface area contributed by atoms with Gasteiger partial charge >= 0.3 is 0 Å². The molecule has 0 aliphatic heterocycles. The zero-order chi connectivity index (χ0) is 32.0. The summed E-state index contributed by atoms with van der Waals surface area (Å²) in [6.07, 6.45) is 10.7. The highest BCUT2D eigenvalue weighted by molar-refractivity contribution is 6.31. The highest BCUT2D eigenvalue weighted by Gasteiger charge is 2.10. The Morgan fingerprint density at radius 2 is 1.62 bits per heavy atom. The maximum atomic E-state index is 12.2. The number of unbranched alkanes of at least 4 members (excludes halogenated alkanes) is 3. The van der Waals surface area contributed by atoms with E-state index in [4.69, 9.17) is 28.2 Å². The molecule has 1 amide bonds. The lowest BCUT2D eigenvalue weighted by atomic mass is 10.0. The molecule has 10 heteroatoms. The number of pyridine rings is 1. The van der Waals surface area contributed by atoms with E-state index in [0.29, 0.717) is 12.4 Å². The van der Waals surface area contributed by atoms with Crippen molar-refractivity contribution >= 4 is 63.8 Å². The van der Waals surface area contributed by atoms with Crippen LogP contribution in [0.4, 0.5) is 11.6 Å². The topological polar surface area (TPSA) is 95.9 Å². The van der Waals surface area contributed by atoms with Gasteiger partial charge in [0.1, 0.15) is 0 Å². The molecule has 238 valence electrons. The minimum atomic E-state index is 0.0614. The van der Waals surface area contributed by atoms with Gasteiger partial charge in [-0.25, -0.2) is 4.98 Å². The highest BCUT2D eigenvalue weighted by atomic mass is 35.5. The van der Waals surface area contributed by atoms with Gasteiger partial charge in [-0.15, -0.1) is 0 Å². The number of benzene rings is 2. The summed E-state index contributed by atoms with van der Waals surface area (Å²) >= 11 is 11.7. The van der Waals surface area contributed by atoms with E-state index in [2.05, 4.69) is 93.7 Å². The fraction of sp³-hybridized carbons (Fsp3) is 0.400. The molecule has 0 aliphatic rings. The standard InChI is InChI=1S/C35H43Cl2N7O/c1-4-7-20-38-32(45)24-26-13-18-30-27(23-26)15-17-29(40-30)16-12-25-14-19-31(44(5-2)6-3)28(22-25)11-9-8-10-21-39-35-42-33(36)41-34(37)43-35/h12-19,22-23H,4-11,20-21,24H2,1-3H3,(H,38,45)(H,39,41,42,43). The molecule has 0 unspecified atom stereocenters. The Balaban J connectivity index is 1.37. The second-order valence-corrected chi connectivity index (χ2v) is 11.6. The SMILES string of the molecule is CCCCNC(=O)Cc1ccc2nc(C=Cc3ccc(N(CC)CC)c(CCCCCNc4nc(Cl)nc(Cl)n4)c3)ccc2c1. The maximum Gasteiger partial charge on any atom is 0.228 e. The number of halogens is 2. The van der Waals surface area contributed by atoms with E-state index >= 15 is 0 Å². The van der Waals surface area contributed by atoms with Crippen molar-refractivity contribution in [3.05, 3.63) is 81.5 Å². The number of hydrogen-bond donors (Lipinski definition) is 2. The molecule has 0 aliphatic carbocycles. The summed E-state index contributed by atoms with van der Waals surface area (Å²) < 4.78 is 0. The molecule has 0 bridgehead atoms. The molecule has 4 rings (SSSR count). The molecule has 0 saturated carbocycles. The van der Waals surface area contributed by atoms with Crippen molar-refractivity contribution in [2.75, 3.05) is 36.4 Å². The van der Waals surface area contributed by atoms with Gasteiger partial charge in [-0.05, 0) is 116 Å². The van der Waals surface area contributed by atoms with Gasteiger partial charge in [-0.1, -0.05) is 44.0 Å². The molecule has 2 aromatic carbocycles. The van der Waals surface area contributed by atoms with Crippen molar-refractivity contribution in [3.8, 4) is 0 Å². The summed E-state index contributed by atoms with van der Waals surface area (Å²) in [7, 11) is 0. The maximum absolute atomic E-state index is 12.2. The van der Waals surface area contributed by atoms with Crippen LogP contribution in [0.3, 0.4) is 0 Å². The Labute approximate surface area is 276 Å². The summed E-state index contributed by atoms with van der Waals surface area (Å²) in [5.74, 6) is 0.461. The average molecular weight is 649 g/mol. The molecule has 0 saturated heterocycles. The fourth-order valence-electron chi connectivity index (χ4n) is 5.23. The smallest absolute Gasteiger partial charge is 0.228 e. The number of aryl methyl sites for hydroxylation is 1. The first kappa shape index (κ1) is 34.1. The van der Waals surface area contributed by atoms with Gasteiger partial charge in [0.15, 0.2) is 0 Å². The van der Waals surface area contributed by atoms with Gasteiger partial charge in [-0.3, -0.25) is 4.79 Å². The van der Waals surface area contributed by atoms with Crippen LogP contribution in [0.15, 0.2) is 48.5 Å². The van der Waals surface area contributed by atoms with Crippen molar-refractivity contribution < 1.29 is 4.79 Å². The summed E-state index contributed by atoms with van der Waals surface area (Å²) in [4.78, 5) is 31.4. The number of anilines is 2. The predicted octanol–water partition coefficient (Wildman–Crippen LogP) is 8.03. The number of rotatable bonds is 17. The average Bonchev–Trinajstić information content (AvgIpc) is 3.02. The van der Waals surface area contributed by atoms with Crippen molar-refractivity contribution in [1.82, 2.24) is 25.3 Å². The van der Waals surface area contributed by atoms with Gasteiger partial charge in [-0.2, -0.15) is 15.0 Å². The number of aromatic nitrogens is 4. The number of carbonyl (C=O) groups excluding carboxylic acids is 1. The van der Waals surface area contributed by atoms with Gasteiger partial charge in [0.2, 0.25) is 22.4 Å². The summed E-state index contributed by atoms with van der Waals surface area (Å²) in [6, 6.07) is 16.9. The van der Waals surface area contributed by atoms with Crippen LogP contribution in [0.1, 0.15) is 75.3 Å². The van der Waals surface area contributed by atoms with Crippen molar-refractivity contribution in [1.29, 1.82) is 0 Å².